The molecule has 0 saturated carbocycles. The van der Waals surface area contributed by atoms with Crippen LogP contribution in [0.5, 0.6) is 0 Å². The van der Waals surface area contributed by atoms with Crippen LogP contribution in [0.1, 0.15) is 46.0 Å². The van der Waals surface area contributed by atoms with Crippen LogP contribution in [0.3, 0.4) is 0 Å². The number of nitrogens with zero attached hydrogens (tertiary/aromatic N) is 1. The van der Waals surface area contributed by atoms with Crippen molar-refractivity contribution in [3.05, 3.63) is 12.8 Å². The first-order chi connectivity index (χ1) is 7.17. The molecular weight excluding hydrogens is 190 g/mol. The fourth-order valence-corrected chi connectivity index (χ4v) is 2.13. The van der Waals surface area contributed by atoms with E-state index < -0.39 is 0 Å². The second-order valence-corrected chi connectivity index (χ2v) is 4.22. The van der Waals surface area contributed by atoms with Gasteiger partial charge in [0.05, 0.1) is 6.54 Å². The fraction of sp³-hybridized carbons (Fsp3) is 0.750. The highest BCUT2D eigenvalue weighted by atomic mass is 16.6. The van der Waals surface area contributed by atoms with Gasteiger partial charge < -0.3 is 4.74 Å². The second-order valence-electron chi connectivity index (χ2n) is 4.22. The summed E-state index contributed by atoms with van der Waals surface area (Å²) in [5.41, 5.74) is -0.254. The van der Waals surface area contributed by atoms with Crippen LogP contribution in [0.2, 0.25) is 0 Å². The van der Waals surface area contributed by atoms with Crippen molar-refractivity contribution >= 4 is 6.09 Å². The molecule has 0 aromatic rings. The zero-order valence-corrected chi connectivity index (χ0v) is 9.79. The van der Waals surface area contributed by atoms with Crippen LogP contribution in [-0.2, 0) is 4.74 Å². The lowest BCUT2D eigenvalue weighted by molar-refractivity contribution is 0.0399. The third-order valence-electron chi connectivity index (χ3n) is 2.91. The Kier molecular flexibility index (Phi) is 4.18. The molecule has 0 N–H and O–H groups in total. The SMILES string of the molecule is C=CN1CC(CCC)(CCCC)OC1=O. The quantitative estimate of drug-likeness (QED) is 0.674. The van der Waals surface area contributed by atoms with Crippen LogP contribution < -0.4 is 0 Å². The van der Waals surface area contributed by atoms with Gasteiger partial charge in [-0.05, 0) is 19.3 Å². The molecule has 1 atom stereocenters. The molecule has 0 radical (unpaired) electrons. The minimum atomic E-state index is -0.254. The van der Waals surface area contributed by atoms with E-state index in [0.717, 1.165) is 32.1 Å². The van der Waals surface area contributed by atoms with Gasteiger partial charge in [0.25, 0.3) is 0 Å². The first-order valence-corrected chi connectivity index (χ1v) is 5.79. The van der Waals surface area contributed by atoms with Gasteiger partial charge in [0.15, 0.2) is 0 Å². The summed E-state index contributed by atoms with van der Waals surface area (Å²) in [7, 11) is 0. The standard InChI is InChI=1S/C12H21NO2/c1-4-7-9-12(8-5-2)10-13(6-3)11(14)15-12/h6H,3-5,7-10H2,1-2H3. The third kappa shape index (κ3) is 2.74. The number of ether oxygens (including phenoxy) is 1. The third-order valence-corrected chi connectivity index (χ3v) is 2.91. The van der Waals surface area contributed by atoms with Gasteiger partial charge in [0, 0.05) is 6.20 Å². The van der Waals surface area contributed by atoms with Gasteiger partial charge in [-0.1, -0.05) is 33.3 Å². The summed E-state index contributed by atoms with van der Waals surface area (Å²) in [5, 5.41) is 0. The number of unbranched alkanes of at least 4 members (excludes halogenated alkanes) is 1. The van der Waals surface area contributed by atoms with E-state index in [2.05, 4.69) is 20.4 Å². The lowest BCUT2D eigenvalue weighted by Crippen LogP contribution is -2.33. The van der Waals surface area contributed by atoms with E-state index in [1.165, 1.54) is 0 Å². The largest absolute Gasteiger partial charge is 0.441 e. The van der Waals surface area contributed by atoms with Crippen molar-refractivity contribution in [3.8, 4) is 0 Å². The smallest absolute Gasteiger partial charge is 0.414 e. The summed E-state index contributed by atoms with van der Waals surface area (Å²) < 4.78 is 5.51. The molecule has 1 unspecified atom stereocenters. The number of hydrogen-bond acceptors (Lipinski definition) is 2. The van der Waals surface area contributed by atoms with Gasteiger partial charge in [0.2, 0.25) is 0 Å². The van der Waals surface area contributed by atoms with Gasteiger partial charge >= 0.3 is 6.09 Å². The predicted molar refractivity (Wildman–Crippen MR) is 60.5 cm³/mol. The Morgan fingerprint density at radius 3 is 2.67 bits per heavy atom. The number of rotatable bonds is 6. The van der Waals surface area contributed by atoms with E-state index in [9.17, 15) is 4.79 Å². The first kappa shape index (κ1) is 12.1. The topological polar surface area (TPSA) is 29.5 Å². The molecule has 0 aliphatic carbocycles. The Labute approximate surface area is 92.1 Å². The molecule has 0 bridgehead atoms. The Morgan fingerprint density at radius 1 is 1.47 bits per heavy atom. The predicted octanol–water partition coefficient (Wildman–Crippen LogP) is 3.31. The minimum absolute atomic E-state index is 0.241. The highest BCUT2D eigenvalue weighted by molar-refractivity contribution is 5.71. The van der Waals surface area contributed by atoms with Crippen LogP contribution in [0, 0.1) is 0 Å². The average Bonchev–Trinajstić information content (AvgIpc) is 2.53. The van der Waals surface area contributed by atoms with Crippen LogP contribution in [0.25, 0.3) is 0 Å². The lowest BCUT2D eigenvalue weighted by Gasteiger charge is -2.26. The molecule has 1 aliphatic rings. The maximum atomic E-state index is 11.5. The van der Waals surface area contributed by atoms with Crippen molar-refractivity contribution in [1.82, 2.24) is 4.90 Å². The van der Waals surface area contributed by atoms with Gasteiger partial charge in [-0.15, -0.1) is 0 Å². The molecule has 1 saturated heterocycles. The normalized spacial score (nSPS) is 25.5. The average molecular weight is 211 g/mol. The highest BCUT2D eigenvalue weighted by Crippen LogP contribution is 2.32. The summed E-state index contributed by atoms with van der Waals surface area (Å²) in [4.78, 5) is 13.1. The van der Waals surface area contributed by atoms with Gasteiger partial charge in [-0.25, -0.2) is 4.79 Å². The Balaban J connectivity index is 2.66. The van der Waals surface area contributed by atoms with Crippen molar-refractivity contribution in [2.24, 2.45) is 0 Å². The second kappa shape index (κ2) is 5.19. The van der Waals surface area contributed by atoms with Crippen molar-refractivity contribution < 1.29 is 9.53 Å². The summed E-state index contributed by atoms with van der Waals surface area (Å²) in [6.07, 6.45) is 6.52. The number of hydrogen-bond donors (Lipinski definition) is 0. The van der Waals surface area contributed by atoms with E-state index in [4.69, 9.17) is 4.74 Å². The molecule has 1 rings (SSSR count). The number of carbonyl (C=O) groups excluding carboxylic acids is 1. The first-order valence-electron chi connectivity index (χ1n) is 5.79. The Hall–Kier alpha value is -0.990. The minimum Gasteiger partial charge on any atom is -0.441 e. The molecule has 1 fully saturated rings. The lowest BCUT2D eigenvalue weighted by atomic mass is 9.92. The fourth-order valence-electron chi connectivity index (χ4n) is 2.13. The summed E-state index contributed by atoms with van der Waals surface area (Å²) in [6, 6.07) is 0. The molecule has 0 aromatic carbocycles. The maximum absolute atomic E-state index is 11.5. The van der Waals surface area contributed by atoms with E-state index >= 15 is 0 Å². The van der Waals surface area contributed by atoms with Crippen LogP contribution in [0.4, 0.5) is 4.79 Å². The van der Waals surface area contributed by atoms with Crippen LogP contribution >= 0.6 is 0 Å². The van der Waals surface area contributed by atoms with E-state index in [-0.39, 0.29) is 11.7 Å². The van der Waals surface area contributed by atoms with E-state index in [1.54, 1.807) is 11.1 Å². The zero-order valence-electron chi connectivity index (χ0n) is 9.79. The van der Waals surface area contributed by atoms with Crippen molar-refractivity contribution in [2.45, 2.75) is 51.6 Å². The molecule has 86 valence electrons. The summed E-state index contributed by atoms with van der Waals surface area (Å²) in [6.45, 7) is 8.57. The van der Waals surface area contributed by atoms with Crippen molar-refractivity contribution in [2.75, 3.05) is 6.54 Å². The highest BCUT2D eigenvalue weighted by Gasteiger charge is 2.42. The van der Waals surface area contributed by atoms with Crippen molar-refractivity contribution in [3.63, 3.8) is 0 Å². The molecule has 1 amide bonds. The van der Waals surface area contributed by atoms with Crippen LogP contribution in [0.15, 0.2) is 12.8 Å². The molecular formula is C12H21NO2. The Bertz CT molecular complexity index is 240. The Morgan fingerprint density at radius 2 is 2.20 bits per heavy atom. The molecule has 1 aliphatic heterocycles. The zero-order chi connectivity index (χ0) is 11.3. The van der Waals surface area contributed by atoms with Gasteiger partial charge in [-0.3, -0.25) is 4.90 Å². The van der Waals surface area contributed by atoms with Crippen molar-refractivity contribution in [1.29, 1.82) is 0 Å². The molecule has 0 spiro atoms. The van der Waals surface area contributed by atoms with E-state index in [1.807, 2.05) is 0 Å². The number of carbonyl (C=O) groups is 1. The number of amides is 1. The molecule has 0 aromatic heterocycles. The maximum Gasteiger partial charge on any atom is 0.414 e. The molecule has 1 heterocycles. The molecule has 15 heavy (non-hydrogen) atoms. The molecule has 3 nitrogen and oxygen atoms in total. The van der Waals surface area contributed by atoms with Crippen LogP contribution in [-0.4, -0.2) is 23.1 Å². The summed E-state index contributed by atoms with van der Waals surface area (Å²) in [5.74, 6) is 0. The summed E-state index contributed by atoms with van der Waals surface area (Å²) >= 11 is 0. The number of cyclic esters (lactones) is 1. The monoisotopic (exact) mass is 211 g/mol. The molecule has 3 heteroatoms. The van der Waals surface area contributed by atoms with Gasteiger partial charge in [0.1, 0.15) is 5.60 Å². The van der Waals surface area contributed by atoms with E-state index in [0.29, 0.717) is 6.54 Å². The van der Waals surface area contributed by atoms with Gasteiger partial charge in [-0.2, -0.15) is 0 Å².